The molecule has 0 aliphatic heterocycles. The summed E-state index contributed by atoms with van der Waals surface area (Å²) < 4.78 is 0. The van der Waals surface area contributed by atoms with Crippen LogP contribution in [-0.2, 0) is 6.42 Å². The lowest BCUT2D eigenvalue weighted by Gasteiger charge is -2.57. The van der Waals surface area contributed by atoms with Gasteiger partial charge in [0.05, 0.1) is 0 Å². The number of unbranched alkanes of at least 4 members (excludes halogenated alkanes) is 1. The molecular weight excluding hydrogens is 408 g/mol. The zero-order valence-corrected chi connectivity index (χ0v) is 19.9. The maximum Gasteiger partial charge on any atom is 0.251 e. The van der Waals surface area contributed by atoms with E-state index in [0.717, 1.165) is 54.7 Å². The van der Waals surface area contributed by atoms with Crippen molar-refractivity contribution in [1.29, 1.82) is 0 Å². The van der Waals surface area contributed by atoms with E-state index in [0.29, 0.717) is 5.56 Å². The lowest BCUT2D eigenvalue weighted by molar-refractivity contribution is 0.0107. The Morgan fingerprint density at radius 2 is 1.70 bits per heavy atom. The van der Waals surface area contributed by atoms with Crippen LogP contribution in [0.3, 0.4) is 0 Å². The van der Waals surface area contributed by atoms with Crippen LogP contribution < -0.4 is 10.6 Å². The molecule has 4 heteroatoms. The zero-order valence-electron chi connectivity index (χ0n) is 19.9. The molecule has 1 amide bonds. The molecule has 4 saturated carbocycles. The van der Waals surface area contributed by atoms with Crippen LogP contribution in [0.2, 0.25) is 0 Å². The minimum atomic E-state index is -0.0161. The molecule has 1 atom stereocenters. The average Bonchev–Trinajstić information content (AvgIpc) is 2.77. The molecule has 2 aromatic carbocycles. The highest BCUT2D eigenvalue weighted by Crippen LogP contribution is 2.56. The number of nitrogens with one attached hydrogen (secondary N) is 2. The van der Waals surface area contributed by atoms with E-state index in [1.54, 1.807) is 12.1 Å². The monoisotopic (exact) mass is 446 g/mol. The third-order valence-electron chi connectivity index (χ3n) is 8.23. The van der Waals surface area contributed by atoms with Gasteiger partial charge in [0.1, 0.15) is 5.75 Å². The van der Waals surface area contributed by atoms with Gasteiger partial charge in [-0.1, -0.05) is 31.9 Å². The van der Waals surface area contributed by atoms with Crippen LogP contribution in [0.5, 0.6) is 5.75 Å². The number of phenols is 1. The lowest BCUT2D eigenvalue weighted by Crippen LogP contribution is -2.54. The lowest BCUT2D eigenvalue weighted by atomic mass is 9.53. The third kappa shape index (κ3) is 5.20. The molecule has 0 saturated heterocycles. The van der Waals surface area contributed by atoms with E-state index in [1.807, 2.05) is 24.3 Å². The molecule has 2 aromatic rings. The second-order valence-electron chi connectivity index (χ2n) is 11.1. The Hall–Kier alpha value is -2.49. The first-order chi connectivity index (χ1) is 16.0. The van der Waals surface area contributed by atoms with Crippen LogP contribution in [-0.4, -0.2) is 22.6 Å². The third-order valence-corrected chi connectivity index (χ3v) is 8.23. The van der Waals surface area contributed by atoms with E-state index in [2.05, 4.69) is 29.7 Å². The summed E-state index contributed by atoms with van der Waals surface area (Å²) in [6.45, 7) is 2.17. The van der Waals surface area contributed by atoms with E-state index < -0.39 is 0 Å². The molecule has 6 rings (SSSR count). The van der Waals surface area contributed by atoms with Gasteiger partial charge in [0.25, 0.3) is 5.91 Å². The first kappa shape index (κ1) is 22.3. The van der Waals surface area contributed by atoms with E-state index in [1.165, 1.54) is 38.5 Å². The SMILES string of the molecule is CCCCC(Cc1cccc(O)c1)NC(=O)c1ccc(NC23CC4CC(CC(C4)C2)C3)cc1. The van der Waals surface area contributed by atoms with Crippen LogP contribution in [0.4, 0.5) is 5.69 Å². The van der Waals surface area contributed by atoms with Crippen molar-refractivity contribution in [2.75, 3.05) is 5.32 Å². The van der Waals surface area contributed by atoms with Gasteiger partial charge in [-0.25, -0.2) is 0 Å². The summed E-state index contributed by atoms with van der Waals surface area (Å²) in [4.78, 5) is 13.0. The number of amides is 1. The van der Waals surface area contributed by atoms with Crippen molar-refractivity contribution in [1.82, 2.24) is 5.32 Å². The van der Waals surface area contributed by atoms with Gasteiger partial charge in [-0.05, 0) is 111 Å². The van der Waals surface area contributed by atoms with E-state index >= 15 is 0 Å². The number of aromatic hydroxyl groups is 1. The predicted molar refractivity (Wildman–Crippen MR) is 134 cm³/mol. The van der Waals surface area contributed by atoms with Crippen LogP contribution in [0, 0.1) is 17.8 Å². The van der Waals surface area contributed by atoms with Crippen LogP contribution in [0.1, 0.15) is 80.6 Å². The van der Waals surface area contributed by atoms with Crippen molar-refractivity contribution in [3.05, 3.63) is 59.7 Å². The highest BCUT2D eigenvalue weighted by molar-refractivity contribution is 5.94. The van der Waals surface area contributed by atoms with Gasteiger partial charge in [-0.15, -0.1) is 0 Å². The Kier molecular flexibility index (Phi) is 6.36. The first-order valence-corrected chi connectivity index (χ1v) is 13.0. The fourth-order valence-corrected chi connectivity index (χ4v) is 7.19. The largest absolute Gasteiger partial charge is 0.508 e. The summed E-state index contributed by atoms with van der Waals surface area (Å²) in [6.07, 6.45) is 12.1. The van der Waals surface area contributed by atoms with Crippen LogP contribution in [0.25, 0.3) is 0 Å². The molecule has 0 spiro atoms. The fraction of sp³-hybridized carbons (Fsp3) is 0.552. The van der Waals surface area contributed by atoms with Crippen molar-refractivity contribution in [3.63, 3.8) is 0 Å². The molecule has 4 fully saturated rings. The molecule has 33 heavy (non-hydrogen) atoms. The van der Waals surface area contributed by atoms with E-state index in [4.69, 9.17) is 0 Å². The Balaban J connectivity index is 1.22. The summed E-state index contributed by atoms with van der Waals surface area (Å²) in [6, 6.07) is 15.5. The highest BCUT2D eigenvalue weighted by atomic mass is 16.3. The molecule has 176 valence electrons. The van der Waals surface area contributed by atoms with Crippen LogP contribution >= 0.6 is 0 Å². The zero-order chi connectivity index (χ0) is 22.8. The summed E-state index contributed by atoms with van der Waals surface area (Å²) in [5.74, 6) is 3.01. The number of carbonyl (C=O) groups is 1. The normalized spacial score (nSPS) is 28.5. The Morgan fingerprint density at radius 3 is 2.30 bits per heavy atom. The summed E-state index contributed by atoms with van der Waals surface area (Å²) >= 11 is 0. The quantitative estimate of drug-likeness (QED) is 0.423. The standard InChI is InChI=1S/C29H38N2O2/c1-2-3-6-26(15-20-5-4-7-27(32)16-20)30-28(33)24-8-10-25(11-9-24)31-29-17-21-12-22(18-29)14-23(13-21)19-29/h4-5,7-11,16,21-23,26,31-32H,2-3,6,12-15,17-19H2,1H3,(H,30,33). The van der Waals surface area contributed by atoms with Gasteiger partial charge in [0.15, 0.2) is 0 Å². The minimum absolute atomic E-state index is 0.0161. The van der Waals surface area contributed by atoms with Crippen molar-refractivity contribution in [2.24, 2.45) is 17.8 Å². The summed E-state index contributed by atoms with van der Waals surface area (Å²) in [5.41, 5.74) is 3.19. The average molecular weight is 447 g/mol. The molecule has 3 N–H and O–H groups in total. The van der Waals surface area contributed by atoms with Gasteiger partial charge < -0.3 is 15.7 Å². The second-order valence-corrected chi connectivity index (χ2v) is 11.1. The van der Waals surface area contributed by atoms with Gasteiger partial charge in [-0.3, -0.25) is 4.79 Å². The molecule has 0 heterocycles. The number of hydrogen-bond acceptors (Lipinski definition) is 3. The Labute approximate surface area is 198 Å². The number of hydrogen-bond donors (Lipinski definition) is 3. The number of carbonyl (C=O) groups excluding carboxylic acids is 1. The molecule has 4 aliphatic rings. The minimum Gasteiger partial charge on any atom is -0.508 e. The maximum atomic E-state index is 13.0. The first-order valence-electron chi connectivity index (χ1n) is 13.0. The number of benzene rings is 2. The Morgan fingerprint density at radius 1 is 1.03 bits per heavy atom. The van der Waals surface area contributed by atoms with Gasteiger partial charge in [0, 0.05) is 22.8 Å². The molecule has 0 aromatic heterocycles. The molecular formula is C29H38N2O2. The number of anilines is 1. The van der Waals surface area contributed by atoms with Crippen molar-refractivity contribution < 1.29 is 9.90 Å². The molecule has 4 aliphatic carbocycles. The van der Waals surface area contributed by atoms with Crippen molar-refractivity contribution >= 4 is 11.6 Å². The van der Waals surface area contributed by atoms with Crippen molar-refractivity contribution in [3.8, 4) is 5.75 Å². The topological polar surface area (TPSA) is 61.4 Å². The summed E-state index contributed by atoms with van der Waals surface area (Å²) in [5, 5.41) is 16.9. The van der Waals surface area contributed by atoms with Gasteiger partial charge in [0.2, 0.25) is 0 Å². The smallest absolute Gasteiger partial charge is 0.251 e. The number of phenolic OH excluding ortho intramolecular Hbond substituents is 1. The van der Waals surface area contributed by atoms with Crippen molar-refractivity contribution in [2.45, 2.75) is 82.7 Å². The molecule has 1 unspecified atom stereocenters. The molecule has 4 nitrogen and oxygen atoms in total. The van der Waals surface area contributed by atoms with Gasteiger partial charge >= 0.3 is 0 Å². The summed E-state index contributed by atoms with van der Waals surface area (Å²) in [7, 11) is 0. The number of rotatable bonds is 9. The van der Waals surface area contributed by atoms with E-state index in [9.17, 15) is 9.90 Å². The molecule has 4 bridgehead atoms. The maximum absolute atomic E-state index is 13.0. The molecule has 0 radical (unpaired) electrons. The Bertz CT molecular complexity index is 933. The fourth-order valence-electron chi connectivity index (χ4n) is 7.19. The second kappa shape index (κ2) is 9.40. The van der Waals surface area contributed by atoms with Gasteiger partial charge in [-0.2, -0.15) is 0 Å². The van der Waals surface area contributed by atoms with Crippen LogP contribution in [0.15, 0.2) is 48.5 Å². The van der Waals surface area contributed by atoms with E-state index in [-0.39, 0.29) is 23.2 Å². The highest BCUT2D eigenvalue weighted by Gasteiger charge is 2.50. The predicted octanol–water partition coefficient (Wildman–Crippen LogP) is 6.30.